The number of fused-ring (bicyclic) bond motifs is 1. The van der Waals surface area contributed by atoms with Gasteiger partial charge in [-0.05, 0) is 40.2 Å². The van der Waals surface area contributed by atoms with E-state index in [9.17, 15) is 9.59 Å². The Morgan fingerprint density at radius 3 is 2.86 bits per heavy atom. The SMILES string of the molecule is CN(Cc1ccc(Br)s1)C(=O)Cn1nc2ccccn2c1=O. The van der Waals surface area contributed by atoms with Gasteiger partial charge >= 0.3 is 5.69 Å². The number of carbonyl (C=O) groups is 1. The van der Waals surface area contributed by atoms with Crippen LogP contribution in [0.2, 0.25) is 0 Å². The monoisotopic (exact) mass is 380 g/mol. The molecule has 114 valence electrons. The van der Waals surface area contributed by atoms with Crippen LogP contribution in [0, 0.1) is 0 Å². The summed E-state index contributed by atoms with van der Waals surface area (Å²) in [6.07, 6.45) is 1.64. The number of carbonyl (C=O) groups excluding carboxylic acids is 1. The van der Waals surface area contributed by atoms with Crippen molar-refractivity contribution in [1.29, 1.82) is 0 Å². The van der Waals surface area contributed by atoms with Crippen LogP contribution < -0.4 is 5.69 Å². The lowest BCUT2D eigenvalue weighted by Crippen LogP contribution is -2.33. The molecule has 0 saturated carbocycles. The maximum Gasteiger partial charge on any atom is 0.350 e. The maximum absolute atomic E-state index is 12.3. The van der Waals surface area contributed by atoms with Gasteiger partial charge in [-0.15, -0.1) is 16.4 Å². The summed E-state index contributed by atoms with van der Waals surface area (Å²) < 4.78 is 3.64. The van der Waals surface area contributed by atoms with Crippen molar-refractivity contribution >= 4 is 38.8 Å². The molecule has 0 saturated heterocycles. The van der Waals surface area contributed by atoms with Crippen LogP contribution >= 0.6 is 27.3 Å². The van der Waals surface area contributed by atoms with Crippen molar-refractivity contribution in [2.24, 2.45) is 0 Å². The van der Waals surface area contributed by atoms with Crippen molar-refractivity contribution in [1.82, 2.24) is 19.1 Å². The third kappa shape index (κ3) is 2.97. The van der Waals surface area contributed by atoms with Gasteiger partial charge in [-0.2, -0.15) is 0 Å². The smallest absolute Gasteiger partial charge is 0.339 e. The average molecular weight is 381 g/mol. The zero-order valence-electron chi connectivity index (χ0n) is 11.8. The lowest BCUT2D eigenvalue weighted by molar-refractivity contribution is -0.131. The number of amides is 1. The first-order valence-electron chi connectivity index (χ1n) is 6.57. The van der Waals surface area contributed by atoms with Crippen molar-refractivity contribution in [3.8, 4) is 0 Å². The van der Waals surface area contributed by atoms with E-state index in [1.54, 1.807) is 47.7 Å². The quantitative estimate of drug-likeness (QED) is 0.695. The van der Waals surface area contributed by atoms with Crippen LogP contribution in [0.4, 0.5) is 0 Å². The van der Waals surface area contributed by atoms with E-state index in [0.29, 0.717) is 12.2 Å². The molecule has 3 rings (SSSR count). The van der Waals surface area contributed by atoms with Gasteiger partial charge in [-0.1, -0.05) is 6.07 Å². The minimum absolute atomic E-state index is 0.0659. The molecule has 0 spiro atoms. The first kappa shape index (κ1) is 15.0. The molecule has 0 fully saturated rings. The molecule has 0 atom stereocenters. The number of aromatic nitrogens is 3. The molecular weight excluding hydrogens is 368 g/mol. The average Bonchev–Trinajstić information content (AvgIpc) is 3.04. The molecule has 0 aliphatic carbocycles. The van der Waals surface area contributed by atoms with Crippen molar-refractivity contribution in [2.45, 2.75) is 13.1 Å². The highest BCUT2D eigenvalue weighted by Gasteiger charge is 2.14. The van der Waals surface area contributed by atoms with E-state index in [4.69, 9.17) is 0 Å². The predicted molar refractivity (Wildman–Crippen MR) is 87.9 cm³/mol. The highest BCUT2D eigenvalue weighted by molar-refractivity contribution is 9.11. The summed E-state index contributed by atoms with van der Waals surface area (Å²) in [6.45, 7) is 0.445. The summed E-state index contributed by atoms with van der Waals surface area (Å²) >= 11 is 4.98. The summed E-state index contributed by atoms with van der Waals surface area (Å²) in [5.41, 5.74) is 0.223. The topological polar surface area (TPSA) is 59.6 Å². The summed E-state index contributed by atoms with van der Waals surface area (Å²) in [6, 6.07) is 9.20. The number of hydrogen-bond donors (Lipinski definition) is 0. The molecule has 0 aliphatic rings. The normalized spacial score (nSPS) is 11.0. The molecule has 22 heavy (non-hydrogen) atoms. The Hall–Kier alpha value is -1.93. The third-order valence-corrected chi connectivity index (χ3v) is 4.83. The summed E-state index contributed by atoms with van der Waals surface area (Å²) in [7, 11) is 1.72. The molecule has 3 heterocycles. The van der Waals surface area contributed by atoms with Crippen molar-refractivity contribution in [2.75, 3.05) is 7.05 Å². The Kier molecular flexibility index (Phi) is 4.12. The van der Waals surface area contributed by atoms with Crippen molar-refractivity contribution in [3.63, 3.8) is 0 Å². The number of halogens is 1. The lowest BCUT2D eigenvalue weighted by Gasteiger charge is -2.15. The van der Waals surface area contributed by atoms with E-state index in [0.717, 1.165) is 8.66 Å². The molecular formula is C14H13BrN4O2S. The molecule has 0 radical (unpaired) electrons. The van der Waals surface area contributed by atoms with Crippen molar-refractivity contribution < 1.29 is 4.79 Å². The van der Waals surface area contributed by atoms with Crippen LogP contribution in [0.5, 0.6) is 0 Å². The van der Waals surface area contributed by atoms with Crippen LogP contribution in [0.3, 0.4) is 0 Å². The minimum Gasteiger partial charge on any atom is -0.339 e. The number of rotatable bonds is 4. The van der Waals surface area contributed by atoms with Gasteiger partial charge in [0.2, 0.25) is 5.91 Å². The molecule has 0 aliphatic heterocycles. The first-order chi connectivity index (χ1) is 10.5. The van der Waals surface area contributed by atoms with E-state index in [2.05, 4.69) is 21.0 Å². The second kappa shape index (κ2) is 6.05. The van der Waals surface area contributed by atoms with Gasteiger partial charge in [0.05, 0.1) is 10.3 Å². The van der Waals surface area contributed by atoms with Crippen LogP contribution in [0.1, 0.15) is 4.88 Å². The Balaban J connectivity index is 1.75. The van der Waals surface area contributed by atoms with Gasteiger partial charge in [0.1, 0.15) is 6.54 Å². The van der Waals surface area contributed by atoms with Gasteiger partial charge in [0, 0.05) is 18.1 Å². The molecule has 3 aromatic rings. The largest absolute Gasteiger partial charge is 0.350 e. The standard InChI is InChI=1S/C14H13BrN4O2S/c1-17(8-10-5-6-11(15)22-10)13(20)9-19-14(21)18-7-3-2-4-12(18)16-19/h2-7H,8-9H2,1H3. The van der Waals surface area contributed by atoms with Crippen LogP contribution in [-0.4, -0.2) is 32.0 Å². The van der Waals surface area contributed by atoms with Gasteiger partial charge in [0.15, 0.2) is 5.65 Å². The summed E-state index contributed by atoms with van der Waals surface area (Å²) in [4.78, 5) is 27.1. The summed E-state index contributed by atoms with van der Waals surface area (Å²) in [5, 5.41) is 4.16. The second-order valence-corrected chi connectivity index (χ2v) is 7.37. The van der Waals surface area contributed by atoms with Crippen LogP contribution in [0.25, 0.3) is 5.65 Å². The van der Waals surface area contributed by atoms with E-state index >= 15 is 0 Å². The molecule has 8 heteroatoms. The van der Waals surface area contributed by atoms with E-state index in [1.807, 2.05) is 12.1 Å². The van der Waals surface area contributed by atoms with Gasteiger partial charge in [0.25, 0.3) is 0 Å². The molecule has 0 N–H and O–H groups in total. The predicted octanol–water partition coefficient (Wildman–Crippen LogP) is 1.98. The Morgan fingerprint density at radius 2 is 2.18 bits per heavy atom. The zero-order chi connectivity index (χ0) is 15.7. The number of pyridine rings is 1. The summed E-state index contributed by atoms with van der Waals surface area (Å²) in [5.74, 6) is -0.157. The highest BCUT2D eigenvalue weighted by Crippen LogP contribution is 2.22. The van der Waals surface area contributed by atoms with Crippen LogP contribution in [-0.2, 0) is 17.9 Å². The second-order valence-electron chi connectivity index (χ2n) is 4.82. The van der Waals surface area contributed by atoms with Crippen LogP contribution in [0.15, 0.2) is 45.1 Å². The minimum atomic E-state index is -0.309. The maximum atomic E-state index is 12.3. The third-order valence-electron chi connectivity index (χ3n) is 3.22. The lowest BCUT2D eigenvalue weighted by atomic mass is 10.4. The Bertz CT molecular complexity index is 882. The van der Waals surface area contributed by atoms with Gasteiger partial charge in [-0.3, -0.25) is 9.20 Å². The first-order valence-corrected chi connectivity index (χ1v) is 8.18. The number of nitrogens with zero attached hydrogens (tertiary/aromatic N) is 4. The molecule has 3 aromatic heterocycles. The molecule has 0 aromatic carbocycles. The molecule has 0 unspecified atom stereocenters. The number of hydrogen-bond acceptors (Lipinski definition) is 4. The van der Waals surface area contributed by atoms with Crippen molar-refractivity contribution in [3.05, 3.63) is 55.7 Å². The number of likely N-dealkylation sites (N-methyl/N-ethyl adjacent to an activating group) is 1. The highest BCUT2D eigenvalue weighted by atomic mass is 79.9. The molecule has 1 amide bonds. The molecule has 6 nitrogen and oxygen atoms in total. The Labute approximate surface area is 138 Å². The fraction of sp³-hybridized carbons (Fsp3) is 0.214. The fourth-order valence-electron chi connectivity index (χ4n) is 2.08. The Morgan fingerprint density at radius 1 is 1.36 bits per heavy atom. The van der Waals surface area contributed by atoms with E-state index < -0.39 is 0 Å². The van der Waals surface area contributed by atoms with E-state index in [-0.39, 0.29) is 18.1 Å². The van der Waals surface area contributed by atoms with E-state index in [1.165, 1.54) is 9.08 Å². The van der Waals surface area contributed by atoms with Gasteiger partial charge < -0.3 is 4.90 Å². The van der Waals surface area contributed by atoms with Gasteiger partial charge in [-0.25, -0.2) is 9.48 Å². The zero-order valence-corrected chi connectivity index (χ0v) is 14.2. The number of thiophene rings is 1. The molecule has 0 bridgehead atoms. The fourth-order valence-corrected chi connectivity index (χ4v) is 3.62.